The second kappa shape index (κ2) is 45.0. The second-order valence-electron chi connectivity index (χ2n) is 24.6. The number of rotatable bonds is 7. The Morgan fingerprint density at radius 2 is 0.887 bits per heavy atom. The van der Waals surface area contributed by atoms with E-state index in [1.807, 2.05) is 237 Å². The number of allylic oxidation sites excluding steroid dienone is 2. The number of nitrogens with zero attached hydrogens (tertiary/aromatic N) is 7. The van der Waals surface area contributed by atoms with Crippen LogP contribution in [0.1, 0.15) is 101 Å². The van der Waals surface area contributed by atoms with E-state index in [-0.39, 0.29) is 118 Å². The van der Waals surface area contributed by atoms with Gasteiger partial charge >= 0.3 is 25.7 Å². The number of fused-ring (bicyclic) bond motifs is 3. The number of benzene rings is 7. The molecule has 0 saturated carbocycles. The van der Waals surface area contributed by atoms with Crippen molar-refractivity contribution in [2.24, 2.45) is 0 Å². The third kappa shape index (κ3) is 25.6. The van der Waals surface area contributed by atoms with Gasteiger partial charge in [0.25, 0.3) is 0 Å². The fraction of sp³-hybridized carbons (Fsp3) is 0.187. The van der Waals surface area contributed by atoms with Crippen LogP contribution in [0.15, 0.2) is 295 Å². The number of hydrogen-bond acceptors (Lipinski definition) is 12. The zero-order chi connectivity index (χ0) is 69.4. The third-order valence-corrected chi connectivity index (χ3v) is 17.2. The number of aryl methyl sites for hydroxylation is 1. The number of aliphatic hydroxyl groups excluding tert-OH is 1. The topological polar surface area (TPSA) is 148 Å². The van der Waals surface area contributed by atoms with Gasteiger partial charge in [-0.3, -0.25) is 4.79 Å². The molecule has 2 aliphatic rings. The summed E-state index contributed by atoms with van der Waals surface area (Å²) in [5.74, 6) is -0.0625. The van der Waals surface area contributed by atoms with E-state index in [4.69, 9.17) is 14.5 Å². The van der Waals surface area contributed by atoms with Crippen LogP contribution in [-0.4, -0.2) is 53.9 Å². The molecule has 550 valence electrons. The monoisotopic (exact) mass is 1960 g/mol. The van der Waals surface area contributed by atoms with Crippen LogP contribution in [0.3, 0.4) is 0 Å². The molecule has 15 heteroatoms. The predicted molar refractivity (Wildman–Crippen MR) is 430 cm³/mol. The number of ketones is 1. The van der Waals surface area contributed by atoms with Crippen LogP contribution in [-0.2, 0) is 75.9 Å². The number of aromatic nitrogens is 6. The van der Waals surface area contributed by atoms with Crippen LogP contribution in [0.2, 0.25) is 0 Å². The summed E-state index contributed by atoms with van der Waals surface area (Å²) in [6.07, 6.45) is 12.3. The van der Waals surface area contributed by atoms with E-state index in [2.05, 4.69) is 107 Å². The van der Waals surface area contributed by atoms with Gasteiger partial charge in [-0.1, -0.05) is 130 Å². The summed E-state index contributed by atoms with van der Waals surface area (Å²) < 4.78 is 7.18. The normalized spacial score (nSPS) is 11.9. The van der Waals surface area contributed by atoms with E-state index in [1.54, 1.807) is 36.1 Å². The van der Waals surface area contributed by atoms with Gasteiger partial charge in [-0.2, -0.15) is 0 Å². The molecular formula is C91H92Ir3N7O4S-2. The maximum Gasteiger partial charge on any atom is 3.00 e. The zero-order valence-corrected chi connectivity index (χ0v) is 65.6. The Morgan fingerprint density at radius 3 is 1.25 bits per heavy atom. The Labute approximate surface area is 672 Å². The first-order chi connectivity index (χ1) is 48.1. The summed E-state index contributed by atoms with van der Waals surface area (Å²) in [7, 11) is 0. The Kier molecular flexibility index (Phi) is 38.4. The van der Waals surface area contributed by atoms with Crippen LogP contribution in [0.5, 0.6) is 0 Å². The minimum Gasteiger partial charge on any atom is -0.512 e. The van der Waals surface area contributed by atoms with Gasteiger partial charge in [0, 0.05) is 107 Å². The van der Waals surface area contributed by atoms with Crippen molar-refractivity contribution in [2.45, 2.75) is 102 Å². The summed E-state index contributed by atoms with van der Waals surface area (Å²) in [6, 6.07) is 94.6. The van der Waals surface area contributed by atoms with Crippen molar-refractivity contribution < 1.29 is 74.6 Å². The van der Waals surface area contributed by atoms with Gasteiger partial charge in [0.1, 0.15) is 10.6 Å². The molecule has 0 atom stereocenters. The largest absolute Gasteiger partial charge is 3.00 e. The van der Waals surface area contributed by atoms with Gasteiger partial charge in [0.05, 0.1) is 21.5 Å². The number of anilines is 1. The van der Waals surface area contributed by atoms with E-state index in [0.717, 1.165) is 108 Å². The summed E-state index contributed by atoms with van der Waals surface area (Å²) in [4.78, 5) is 51.6. The third-order valence-electron chi connectivity index (χ3n) is 16.2. The van der Waals surface area contributed by atoms with Crippen LogP contribution in [0.4, 0.5) is 5.69 Å². The van der Waals surface area contributed by atoms with Crippen LogP contribution >= 0.6 is 11.3 Å². The molecule has 14 aromatic rings. The van der Waals surface area contributed by atoms with E-state index < -0.39 is 0 Å². The average molecular weight is 1960 g/mol. The smallest absolute Gasteiger partial charge is 0.512 e. The molecule has 0 bridgehead atoms. The molecule has 0 saturated heterocycles. The number of aliphatic hydroxyl groups is 1. The fourth-order valence-corrected chi connectivity index (χ4v) is 12.1. The van der Waals surface area contributed by atoms with E-state index in [9.17, 15) is 9.59 Å². The molecule has 11 nitrogen and oxygen atoms in total. The second-order valence-corrected chi connectivity index (χ2v) is 25.6. The molecule has 16 rings (SSSR count). The summed E-state index contributed by atoms with van der Waals surface area (Å²) in [6.45, 7) is 16.3. The first-order valence-electron chi connectivity index (χ1n) is 32.7. The molecule has 1 N–H and O–H groups in total. The number of carbonyl (C=O) groups excluding carboxylic acids is 1. The van der Waals surface area contributed by atoms with Crippen molar-refractivity contribution in [3.63, 3.8) is 0 Å². The molecule has 0 fully saturated rings. The number of para-hydroxylation sites is 1. The Morgan fingerprint density at radius 1 is 0.500 bits per heavy atom. The average Bonchev–Trinajstić information content (AvgIpc) is 0.737. The van der Waals surface area contributed by atoms with Crippen molar-refractivity contribution in [3.05, 3.63) is 343 Å². The van der Waals surface area contributed by atoms with Crippen LogP contribution in [0, 0.1) is 37.3 Å². The number of thiazole rings is 1. The van der Waals surface area contributed by atoms with Crippen molar-refractivity contribution in [1.29, 1.82) is 0 Å². The van der Waals surface area contributed by atoms with Crippen LogP contribution in [0.25, 0.3) is 88.0 Å². The van der Waals surface area contributed by atoms with Crippen molar-refractivity contribution >= 4 is 44.0 Å². The molecule has 2 radical (unpaired) electrons. The first kappa shape index (κ1) is 90.6. The van der Waals surface area contributed by atoms with Crippen molar-refractivity contribution in [3.8, 4) is 66.9 Å². The van der Waals surface area contributed by atoms with Gasteiger partial charge in [-0.05, 0) is 133 Å². The number of hydrogen-bond donors (Lipinski definition) is 1. The van der Waals surface area contributed by atoms with E-state index >= 15 is 0 Å². The first-order valence-corrected chi connectivity index (χ1v) is 33.5. The number of pyridine rings is 5. The van der Waals surface area contributed by atoms with E-state index in [0.29, 0.717) is 5.56 Å². The quantitative estimate of drug-likeness (QED) is 0.0703. The molecular weight excluding hydrogens is 1860 g/mol. The van der Waals surface area contributed by atoms with Gasteiger partial charge < -0.3 is 39.3 Å². The molecule has 9 heterocycles. The standard InChI is InChI=1S/C26H26N2O2S.C12H10N.4C11H8N.C5H8O2.4CH4.3Ir/c1-25(2)9-11-28-12-10-26(3,4)20-21(28)17(25)14-15-13-16(24(29)30-22(15)20)23-27-18-7-5-6-8-19(18)31-23;1-10-7-8-13-12(9-10)11-5-3-2-4-6-11;4*1-2-6-10(7-3-1)11-8-4-5-9-12-11;1-4(6)3-5(2)7;;;;;;;/h5-8,13-14H,9-12H2,1-4H3;2-5,7-9H,1H3;4*1-6,8-9H;3,6H,1-2H3;4*1H4;;;/q;5*-1;;;;;;;;+3. The van der Waals surface area contributed by atoms with Gasteiger partial charge in [0.15, 0.2) is 5.78 Å². The summed E-state index contributed by atoms with van der Waals surface area (Å²) in [5, 5.41) is 10.1. The van der Waals surface area contributed by atoms with Gasteiger partial charge in [-0.25, -0.2) is 9.78 Å². The summed E-state index contributed by atoms with van der Waals surface area (Å²) in [5.41, 5.74) is 17.1. The minimum atomic E-state index is -0.300. The Balaban J connectivity index is 0.000000336. The van der Waals surface area contributed by atoms with Crippen molar-refractivity contribution in [2.75, 3.05) is 18.0 Å². The zero-order valence-electron chi connectivity index (χ0n) is 57.6. The maximum atomic E-state index is 13.2. The molecule has 0 amide bonds. The minimum absolute atomic E-state index is 0. The molecule has 2 aliphatic heterocycles. The molecule has 7 aromatic carbocycles. The van der Waals surface area contributed by atoms with Crippen molar-refractivity contribution in [1.82, 2.24) is 29.9 Å². The molecule has 0 unspecified atom stereocenters. The SMILES string of the molecule is C.C.C.C.CC(=O)C=C(C)O.CC1(C)CCN2CCC(C)(C)c3c2c1cc1cc(-c2nc4ccccc4s2)c(=O)oc31.Cc1ccnc(-c2[c-]cccc2)c1.[Ir+3].[Ir].[Ir].[c-]1ccccc1-c1ccccn1.[c-]1ccccc1-c1ccccn1.[c-]1ccccc1-c1ccccn1.[c-]1ccccc1-c1ccccn1. The Hall–Kier alpha value is -9.65. The number of carbonyl (C=O) groups is 1. The molecule has 106 heavy (non-hydrogen) atoms. The van der Waals surface area contributed by atoms with E-state index in [1.165, 1.54) is 42.3 Å². The maximum absolute atomic E-state index is 13.2. The predicted octanol–water partition coefficient (Wildman–Crippen LogP) is 22.9. The summed E-state index contributed by atoms with van der Waals surface area (Å²) >= 11 is 1.54. The van der Waals surface area contributed by atoms with Gasteiger partial charge in [-0.15, -0.1) is 191 Å². The fourth-order valence-electron chi connectivity index (χ4n) is 11.1. The Bertz CT molecular complexity index is 4440. The molecule has 0 aliphatic carbocycles. The molecule has 7 aromatic heterocycles. The van der Waals surface area contributed by atoms with Crippen LogP contribution < -0.4 is 10.5 Å². The molecule has 0 spiro atoms. The van der Waals surface area contributed by atoms with Gasteiger partial charge in [0.2, 0.25) is 0 Å².